The molecule has 0 saturated carbocycles. The van der Waals surface area contributed by atoms with Crippen LogP contribution in [0.2, 0.25) is 0 Å². The quantitative estimate of drug-likeness (QED) is 0.153. The lowest BCUT2D eigenvalue weighted by Gasteiger charge is -2.08. The van der Waals surface area contributed by atoms with E-state index in [2.05, 4.69) is 32.8 Å². The molecule has 0 saturated heterocycles. The summed E-state index contributed by atoms with van der Waals surface area (Å²) in [4.78, 5) is 13.7. The van der Waals surface area contributed by atoms with E-state index >= 15 is 0 Å². The van der Waals surface area contributed by atoms with Crippen molar-refractivity contribution in [3.8, 4) is 5.75 Å². The van der Waals surface area contributed by atoms with Crippen LogP contribution in [0.3, 0.4) is 0 Å². The van der Waals surface area contributed by atoms with Gasteiger partial charge in [0.15, 0.2) is 0 Å². The van der Waals surface area contributed by atoms with Crippen LogP contribution in [0.25, 0.3) is 0 Å². The smallest absolute Gasteiger partial charge is 0.338 e. The van der Waals surface area contributed by atoms with E-state index in [9.17, 15) is 4.79 Å². The topological polar surface area (TPSA) is 38.8 Å². The van der Waals surface area contributed by atoms with Crippen LogP contribution in [0.5, 0.6) is 5.75 Å². The van der Waals surface area contributed by atoms with Gasteiger partial charge in [0.25, 0.3) is 0 Å². The van der Waals surface area contributed by atoms with Crippen LogP contribution in [0.15, 0.2) is 24.3 Å². The average Bonchev–Trinajstić information content (AvgIpc) is 2.81. The third-order valence-corrected chi connectivity index (χ3v) is 5.59. The highest BCUT2D eigenvalue weighted by Gasteiger charge is 2.05. The molecule has 4 heteroatoms. The van der Waals surface area contributed by atoms with E-state index in [1.807, 2.05) is 12.1 Å². The van der Waals surface area contributed by atoms with Gasteiger partial charge in [0, 0.05) is 0 Å². The van der Waals surface area contributed by atoms with Crippen molar-refractivity contribution in [1.29, 1.82) is 0 Å². The van der Waals surface area contributed by atoms with Gasteiger partial charge in [-0.15, -0.1) is 0 Å². The first-order valence-corrected chi connectivity index (χ1v) is 13.6. The zero-order chi connectivity index (χ0) is 24.6. The van der Waals surface area contributed by atoms with Gasteiger partial charge >= 0.3 is 5.97 Å². The summed E-state index contributed by atoms with van der Waals surface area (Å²) in [6.07, 6.45) is 19.1. The highest BCUT2D eigenvalue weighted by molar-refractivity contribution is 5.89. The summed E-state index contributed by atoms with van der Waals surface area (Å²) < 4.78 is 10.5. The zero-order valence-electron chi connectivity index (χ0n) is 22.5. The molecular weight excluding hydrogens is 410 g/mol. The largest absolute Gasteiger partial charge is 0.494 e. The third kappa shape index (κ3) is 20.8. The monoisotopic (exact) mass is 463 g/mol. The molecule has 0 heterocycles. The van der Waals surface area contributed by atoms with Crippen molar-refractivity contribution >= 4 is 5.97 Å². The van der Waals surface area contributed by atoms with Crippen LogP contribution < -0.4 is 4.74 Å². The molecule has 0 fully saturated rings. The first kappa shape index (κ1) is 31.4. The van der Waals surface area contributed by atoms with Crippen molar-refractivity contribution in [3.63, 3.8) is 0 Å². The predicted molar refractivity (Wildman–Crippen MR) is 142 cm³/mol. The van der Waals surface area contributed by atoms with Gasteiger partial charge in [-0.1, -0.05) is 90.9 Å². The Morgan fingerprint density at radius 1 is 0.697 bits per heavy atom. The number of rotatable bonds is 19. The molecule has 1 aromatic carbocycles. The van der Waals surface area contributed by atoms with Crippen LogP contribution in [0.4, 0.5) is 0 Å². The molecule has 0 aliphatic carbocycles. The molecule has 0 spiro atoms. The molecule has 192 valence electrons. The first-order valence-electron chi connectivity index (χ1n) is 13.6. The van der Waals surface area contributed by atoms with Crippen LogP contribution >= 0.6 is 0 Å². The molecule has 33 heavy (non-hydrogen) atoms. The molecule has 0 aromatic heterocycles. The fourth-order valence-electron chi connectivity index (χ4n) is 3.54. The standard InChI is InChI=1S/C15H22O3.C14H31N/c1-3-5-6-7-12-18-14-10-8-13(9-11-14)15(16)17-4-2;1-4-5-6-7-8-9-10-11-12-13-14-15(2)3/h8-11H,3-7,12H2,1-2H3;4-14H2,1-3H3. The van der Waals surface area contributed by atoms with Gasteiger partial charge in [0.2, 0.25) is 0 Å². The summed E-state index contributed by atoms with van der Waals surface area (Å²) >= 11 is 0. The Bertz CT molecular complexity index is 542. The van der Waals surface area contributed by atoms with Crippen molar-refractivity contribution in [3.05, 3.63) is 29.8 Å². The number of hydrogen-bond acceptors (Lipinski definition) is 4. The maximum atomic E-state index is 11.4. The van der Waals surface area contributed by atoms with Crippen LogP contribution in [0, 0.1) is 0 Å². The summed E-state index contributed by atoms with van der Waals surface area (Å²) in [5.74, 6) is 0.520. The van der Waals surface area contributed by atoms with Crippen molar-refractivity contribution in [1.82, 2.24) is 4.90 Å². The summed E-state index contributed by atoms with van der Waals surface area (Å²) in [6.45, 7) is 8.66. The van der Waals surface area contributed by atoms with Crippen LogP contribution in [0.1, 0.15) is 121 Å². The lowest BCUT2D eigenvalue weighted by molar-refractivity contribution is 0.0526. The first-order chi connectivity index (χ1) is 16.0. The van der Waals surface area contributed by atoms with Gasteiger partial charge in [-0.25, -0.2) is 4.79 Å². The summed E-state index contributed by atoms with van der Waals surface area (Å²) in [6, 6.07) is 7.09. The number of hydrogen-bond donors (Lipinski definition) is 0. The summed E-state index contributed by atoms with van der Waals surface area (Å²) in [7, 11) is 4.32. The number of carbonyl (C=O) groups excluding carboxylic acids is 1. The molecule has 0 bridgehead atoms. The van der Waals surface area contributed by atoms with E-state index in [0.717, 1.165) is 18.8 Å². The highest BCUT2D eigenvalue weighted by Crippen LogP contribution is 2.14. The lowest BCUT2D eigenvalue weighted by Crippen LogP contribution is -2.12. The number of unbranched alkanes of at least 4 members (excludes halogenated alkanes) is 12. The normalized spacial score (nSPS) is 10.6. The molecule has 0 N–H and O–H groups in total. The van der Waals surface area contributed by atoms with Crippen LogP contribution in [-0.2, 0) is 4.74 Å². The molecule has 0 radical (unpaired) electrons. The van der Waals surface area contributed by atoms with Gasteiger partial charge in [-0.05, 0) is 64.7 Å². The third-order valence-electron chi connectivity index (χ3n) is 5.59. The van der Waals surface area contributed by atoms with Gasteiger partial charge in [-0.3, -0.25) is 0 Å². The highest BCUT2D eigenvalue weighted by atomic mass is 16.5. The molecule has 0 aliphatic rings. The minimum atomic E-state index is -0.285. The molecule has 4 nitrogen and oxygen atoms in total. The van der Waals surface area contributed by atoms with Gasteiger partial charge in [0.1, 0.15) is 5.75 Å². The molecule has 0 amide bonds. The van der Waals surface area contributed by atoms with Crippen molar-refractivity contribution in [2.24, 2.45) is 0 Å². The molecular formula is C29H53NO3. The summed E-state index contributed by atoms with van der Waals surface area (Å²) in [5.41, 5.74) is 0.565. The van der Waals surface area contributed by atoms with Gasteiger partial charge in [0.05, 0.1) is 18.8 Å². The van der Waals surface area contributed by atoms with E-state index < -0.39 is 0 Å². The molecule has 0 aliphatic heterocycles. The molecule has 0 atom stereocenters. The molecule has 0 unspecified atom stereocenters. The SMILES string of the molecule is CCCCCCCCCCCCN(C)C.CCCCCCOc1ccc(C(=O)OCC)cc1. The van der Waals surface area contributed by atoms with E-state index in [-0.39, 0.29) is 5.97 Å². The number of nitrogens with zero attached hydrogens (tertiary/aromatic N) is 1. The van der Waals surface area contributed by atoms with Gasteiger partial charge < -0.3 is 14.4 Å². The predicted octanol–water partition coefficient (Wildman–Crippen LogP) is 8.29. The Hall–Kier alpha value is -1.55. The van der Waals surface area contributed by atoms with E-state index in [1.54, 1.807) is 19.1 Å². The number of carbonyl (C=O) groups is 1. The second-order valence-electron chi connectivity index (χ2n) is 9.14. The van der Waals surface area contributed by atoms with Crippen molar-refractivity contribution in [2.75, 3.05) is 33.9 Å². The second kappa shape index (κ2) is 23.6. The number of esters is 1. The minimum Gasteiger partial charge on any atom is -0.494 e. The van der Waals surface area contributed by atoms with Crippen molar-refractivity contribution < 1.29 is 14.3 Å². The Morgan fingerprint density at radius 3 is 1.67 bits per heavy atom. The molecule has 1 rings (SSSR count). The Labute approximate surface area is 205 Å². The van der Waals surface area contributed by atoms with Crippen LogP contribution in [-0.4, -0.2) is 44.7 Å². The maximum absolute atomic E-state index is 11.4. The average molecular weight is 464 g/mol. The molecule has 1 aromatic rings. The van der Waals surface area contributed by atoms with E-state index in [1.165, 1.54) is 90.0 Å². The summed E-state index contributed by atoms with van der Waals surface area (Å²) in [5, 5.41) is 0. The zero-order valence-corrected chi connectivity index (χ0v) is 22.5. The Morgan fingerprint density at radius 2 is 1.18 bits per heavy atom. The van der Waals surface area contributed by atoms with Gasteiger partial charge in [-0.2, -0.15) is 0 Å². The minimum absolute atomic E-state index is 0.285. The van der Waals surface area contributed by atoms with E-state index in [4.69, 9.17) is 9.47 Å². The lowest BCUT2D eigenvalue weighted by atomic mass is 10.1. The fourth-order valence-corrected chi connectivity index (χ4v) is 3.54. The van der Waals surface area contributed by atoms with E-state index in [0.29, 0.717) is 12.2 Å². The Kier molecular flexibility index (Phi) is 22.5. The number of ether oxygens (including phenoxy) is 2. The maximum Gasteiger partial charge on any atom is 0.338 e. The Balaban J connectivity index is 0.000000633. The van der Waals surface area contributed by atoms with Crippen molar-refractivity contribution in [2.45, 2.75) is 111 Å². The number of benzene rings is 1. The second-order valence-corrected chi connectivity index (χ2v) is 9.14. The fraction of sp³-hybridized carbons (Fsp3) is 0.759.